The molecule has 0 radical (unpaired) electrons. The van der Waals surface area contributed by atoms with Crippen molar-refractivity contribution >= 4 is 17.6 Å². The molecule has 4 N–H and O–H groups in total. The number of anilines is 1. The van der Waals surface area contributed by atoms with Crippen molar-refractivity contribution < 1.29 is 23.1 Å². The molecule has 0 unspecified atom stereocenters. The third-order valence-electron chi connectivity index (χ3n) is 2.58. The second-order valence-electron chi connectivity index (χ2n) is 4.40. The zero-order valence-corrected chi connectivity index (χ0v) is 11.7. The SMILES string of the molecule is Cc1ccc(N[C@@H](C)C(=O)NC(N)=O)cc1OCC(F)F. The van der Waals surface area contributed by atoms with Crippen LogP contribution in [0.4, 0.5) is 19.3 Å². The van der Waals surface area contributed by atoms with Crippen molar-refractivity contribution in [2.24, 2.45) is 5.73 Å². The van der Waals surface area contributed by atoms with Gasteiger partial charge in [0.1, 0.15) is 18.4 Å². The fourth-order valence-corrected chi connectivity index (χ4v) is 1.54. The van der Waals surface area contributed by atoms with Crippen molar-refractivity contribution in [3.05, 3.63) is 23.8 Å². The van der Waals surface area contributed by atoms with E-state index >= 15 is 0 Å². The van der Waals surface area contributed by atoms with Gasteiger partial charge in [-0.1, -0.05) is 6.07 Å². The molecule has 0 aliphatic heterocycles. The molecule has 0 spiro atoms. The predicted octanol–water partition coefficient (Wildman–Crippen LogP) is 1.63. The maximum absolute atomic E-state index is 12.2. The molecule has 1 atom stereocenters. The van der Waals surface area contributed by atoms with Crippen molar-refractivity contribution in [2.45, 2.75) is 26.3 Å². The zero-order chi connectivity index (χ0) is 16.0. The summed E-state index contributed by atoms with van der Waals surface area (Å²) in [6.07, 6.45) is -2.57. The van der Waals surface area contributed by atoms with Gasteiger partial charge in [-0.2, -0.15) is 0 Å². The number of nitrogens with two attached hydrogens (primary N) is 1. The lowest BCUT2D eigenvalue weighted by Gasteiger charge is -2.16. The highest BCUT2D eigenvalue weighted by Gasteiger charge is 2.15. The van der Waals surface area contributed by atoms with E-state index in [9.17, 15) is 18.4 Å². The number of imide groups is 1. The van der Waals surface area contributed by atoms with Gasteiger partial charge in [-0.25, -0.2) is 13.6 Å². The molecule has 6 nitrogen and oxygen atoms in total. The van der Waals surface area contributed by atoms with Crippen molar-refractivity contribution in [3.63, 3.8) is 0 Å². The number of aryl methyl sites for hydroxylation is 1. The Bertz CT molecular complexity index is 523. The Labute approximate surface area is 120 Å². The Morgan fingerprint density at radius 2 is 2.05 bits per heavy atom. The van der Waals surface area contributed by atoms with Gasteiger partial charge in [0, 0.05) is 11.8 Å². The molecule has 0 heterocycles. The number of hydrogen-bond acceptors (Lipinski definition) is 4. The number of alkyl halides is 2. The molecule has 1 aromatic carbocycles. The van der Waals surface area contributed by atoms with E-state index in [0.717, 1.165) is 0 Å². The number of nitrogens with one attached hydrogen (secondary N) is 2. The van der Waals surface area contributed by atoms with Gasteiger partial charge in [-0.3, -0.25) is 10.1 Å². The van der Waals surface area contributed by atoms with Gasteiger partial charge in [0.15, 0.2) is 0 Å². The largest absolute Gasteiger partial charge is 0.487 e. The first-order valence-electron chi connectivity index (χ1n) is 6.18. The summed E-state index contributed by atoms with van der Waals surface area (Å²) >= 11 is 0. The Hall–Kier alpha value is -2.38. The van der Waals surface area contributed by atoms with Crippen LogP contribution in [-0.4, -0.2) is 31.0 Å². The molecule has 21 heavy (non-hydrogen) atoms. The van der Waals surface area contributed by atoms with E-state index in [1.807, 2.05) is 5.32 Å². The fourth-order valence-electron chi connectivity index (χ4n) is 1.54. The summed E-state index contributed by atoms with van der Waals surface area (Å²) in [6, 6.07) is 3.16. The van der Waals surface area contributed by atoms with Crippen LogP contribution in [0.1, 0.15) is 12.5 Å². The third kappa shape index (κ3) is 5.64. The molecule has 1 rings (SSSR count). The summed E-state index contributed by atoms with van der Waals surface area (Å²) in [5.41, 5.74) is 6.03. The number of amides is 3. The molecule has 3 amide bonds. The van der Waals surface area contributed by atoms with E-state index in [1.54, 1.807) is 19.1 Å². The molecule has 0 aliphatic carbocycles. The summed E-state index contributed by atoms with van der Waals surface area (Å²) in [4.78, 5) is 22.1. The van der Waals surface area contributed by atoms with Crippen LogP contribution < -0.4 is 21.1 Å². The van der Waals surface area contributed by atoms with Crippen LogP contribution in [0, 0.1) is 6.92 Å². The van der Waals surface area contributed by atoms with Crippen LogP contribution in [-0.2, 0) is 4.79 Å². The topological polar surface area (TPSA) is 93.5 Å². The molecule has 0 aromatic heterocycles. The fraction of sp³-hybridized carbons (Fsp3) is 0.385. The number of carbonyl (C=O) groups excluding carboxylic acids is 2. The Balaban J connectivity index is 2.73. The molecule has 116 valence electrons. The van der Waals surface area contributed by atoms with Gasteiger partial charge in [-0.05, 0) is 25.5 Å². The average molecular weight is 301 g/mol. The minimum Gasteiger partial charge on any atom is -0.487 e. The van der Waals surface area contributed by atoms with E-state index in [-0.39, 0.29) is 0 Å². The maximum Gasteiger partial charge on any atom is 0.318 e. The highest BCUT2D eigenvalue weighted by molar-refractivity contribution is 5.97. The van der Waals surface area contributed by atoms with Crippen molar-refractivity contribution in [2.75, 3.05) is 11.9 Å². The number of carbonyl (C=O) groups is 2. The minimum absolute atomic E-state index is 0.294. The Kier molecular flexibility index (Phi) is 5.89. The summed E-state index contributed by atoms with van der Waals surface area (Å²) < 4.78 is 29.3. The maximum atomic E-state index is 12.2. The second kappa shape index (κ2) is 7.41. The van der Waals surface area contributed by atoms with Crippen LogP contribution >= 0.6 is 0 Å². The first kappa shape index (κ1) is 16.7. The average Bonchev–Trinajstić information content (AvgIpc) is 2.38. The molecular weight excluding hydrogens is 284 g/mol. The first-order chi connectivity index (χ1) is 9.79. The number of hydrogen-bond donors (Lipinski definition) is 3. The van der Waals surface area contributed by atoms with E-state index in [4.69, 9.17) is 10.5 Å². The van der Waals surface area contributed by atoms with Gasteiger partial charge in [0.05, 0.1) is 0 Å². The molecular formula is C13H17F2N3O3. The summed E-state index contributed by atoms with van der Waals surface area (Å²) in [5, 5.41) is 4.75. The lowest BCUT2D eigenvalue weighted by atomic mass is 10.2. The quantitative estimate of drug-likeness (QED) is 0.744. The van der Waals surface area contributed by atoms with Crippen molar-refractivity contribution in [1.29, 1.82) is 0 Å². The van der Waals surface area contributed by atoms with Crippen LogP contribution in [0.3, 0.4) is 0 Å². The zero-order valence-electron chi connectivity index (χ0n) is 11.7. The van der Waals surface area contributed by atoms with Crippen LogP contribution in [0.25, 0.3) is 0 Å². The third-order valence-corrected chi connectivity index (χ3v) is 2.58. The molecule has 0 saturated carbocycles. The molecule has 0 saturated heterocycles. The van der Waals surface area contributed by atoms with Crippen LogP contribution in [0.15, 0.2) is 18.2 Å². The number of halogens is 2. The number of ether oxygens (including phenoxy) is 1. The highest BCUT2D eigenvalue weighted by atomic mass is 19.3. The van der Waals surface area contributed by atoms with Gasteiger partial charge in [0.25, 0.3) is 6.43 Å². The van der Waals surface area contributed by atoms with E-state index in [1.165, 1.54) is 13.0 Å². The van der Waals surface area contributed by atoms with E-state index in [0.29, 0.717) is 17.0 Å². The van der Waals surface area contributed by atoms with Gasteiger partial charge in [-0.15, -0.1) is 0 Å². The standard InChI is InChI=1S/C13H17F2N3O3/c1-7-3-4-9(5-10(7)21-6-11(14)15)17-8(2)12(19)18-13(16)20/h3-5,8,11,17H,6H2,1-2H3,(H3,16,18,19,20)/t8-/m0/s1. The van der Waals surface area contributed by atoms with Crippen LogP contribution in [0.5, 0.6) is 5.75 Å². The number of primary amides is 1. The van der Waals surface area contributed by atoms with Gasteiger partial charge < -0.3 is 15.8 Å². The summed E-state index contributed by atoms with van der Waals surface area (Å²) in [5.74, 6) is -0.305. The monoisotopic (exact) mass is 301 g/mol. The Morgan fingerprint density at radius 3 is 2.62 bits per heavy atom. The number of rotatable bonds is 6. The molecule has 0 aliphatic rings. The molecule has 0 bridgehead atoms. The highest BCUT2D eigenvalue weighted by Crippen LogP contribution is 2.23. The normalized spacial score (nSPS) is 11.9. The summed E-state index contributed by atoms with van der Waals surface area (Å²) in [6.45, 7) is 2.54. The van der Waals surface area contributed by atoms with Crippen LogP contribution in [0.2, 0.25) is 0 Å². The minimum atomic E-state index is -2.57. The molecule has 1 aromatic rings. The lowest BCUT2D eigenvalue weighted by molar-refractivity contribution is -0.120. The summed E-state index contributed by atoms with van der Waals surface area (Å²) in [7, 11) is 0. The Morgan fingerprint density at radius 1 is 1.38 bits per heavy atom. The van der Waals surface area contributed by atoms with E-state index in [2.05, 4.69) is 5.32 Å². The van der Waals surface area contributed by atoms with Gasteiger partial charge in [0.2, 0.25) is 5.91 Å². The van der Waals surface area contributed by atoms with Gasteiger partial charge >= 0.3 is 6.03 Å². The second-order valence-corrected chi connectivity index (χ2v) is 4.40. The first-order valence-corrected chi connectivity index (χ1v) is 6.18. The predicted molar refractivity (Wildman–Crippen MR) is 73.5 cm³/mol. The van der Waals surface area contributed by atoms with Crippen molar-refractivity contribution in [1.82, 2.24) is 5.32 Å². The number of benzene rings is 1. The smallest absolute Gasteiger partial charge is 0.318 e. The molecule has 0 fully saturated rings. The van der Waals surface area contributed by atoms with Crippen molar-refractivity contribution in [3.8, 4) is 5.75 Å². The number of urea groups is 1. The van der Waals surface area contributed by atoms with E-state index < -0.39 is 31.0 Å². The molecule has 8 heteroatoms. The lowest BCUT2D eigenvalue weighted by Crippen LogP contribution is -2.43.